The quantitative estimate of drug-likeness (QED) is 0.701. The first-order valence-electron chi connectivity index (χ1n) is 5.62. The van der Waals surface area contributed by atoms with Gasteiger partial charge in [0.05, 0.1) is 6.61 Å². The number of rotatable bonds is 3. The molecule has 1 rings (SSSR count). The fourth-order valence-electron chi connectivity index (χ4n) is 1.74. The number of alkyl halides is 2. The highest BCUT2D eigenvalue weighted by Crippen LogP contribution is 2.43. The van der Waals surface area contributed by atoms with Gasteiger partial charge in [-0.1, -0.05) is 27.7 Å². The van der Waals surface area contributed by atoms with Gasteiger partial charge >= 0.3 is 0 Å². The fraction of sp³-hybridized carbons (Fsp3) is 1.00. The summed E-state index contributed by atoms with van der Waals surface area (Å²) in [5, 5.41) is 0. The summed E-state index contributed by atoms with van der Waals surface area (Å²) in [6, 6.07) is 0. The Morgan fingerprint density at radius 3 is 2.27 bits per heavy atom. The molecule has 0 aliphatic carbocycles. The average Bonchev–Trinajstić information content (AvgIpc) is 2.48. The second-order valence-electron chi connectivity index (χ2n) is 6.07. The Balaban J connectivity index is 2.49. The largest absolute Gasteiger partial charge is 0.381 e. The summed E-state index contributed by atoms with van der Waals surface area (Å²) < 4.78 is 32.7. The van der Waals surface area contributed by atoms with E-state index in [1.54, 1.807) is 20.8 Å². The molecular formula is C12H22F2O. The Kier molecular flexibility index (Phi) is 3.44. The van der Waals surface area contributed by atoms with E-state index in [4.69, 9.17) is 4.74 Å². The first-order chi connectivity index (χ1) is 6.66. The van der Waals surface area contributed by atoms with Crippen LogP contribution in [-0.4, -0.2) is 19.1 Å². The van der Waals surface area contributed by atoms with Crippen molar-refractivity contribution in [1.29, 1.82) is 0 Å². The summed E-state index contributed by atoms with van der Waals surface area (Å²) >= 11 is 0. The lowest BCUT2D eigenvalue weighted by Gasteiger charge is -2.33. The highest BCUT2D eigenvalue weighted by Gasteiger charge is 2.44. The number of halogens is 2. The van der Waals surface area contributed by atoms with Gasteiger partial charge in [0, 0.05) is 18.4 Å². The van der Waals surface area contributed by atoms with E-state index in [2.05, 4.69) is 0 Å². The summed E-state index contributed by atoms with van der Waals surface area (Å²) in [5.74, 6) is -2.58. The van der Waals surface area contributed by atoms with E-state index in [9.17, 15) is 8.78 Å². The van der Waals surface area contributed by atoms with Crippen LogP contribution in [0.15, 0.2) is 0 Å². The Bertz CT molecular complexity index is 212. The van der Waals surface area contributed by atoms with Crippen LogP contribution in [-0.2, 0) is 4.74 Å². The monoisotopic (exact) mass is 220 g/mol. The van der Waals surface area contributed by atoms with Crippen LogP contribution in [0.5, 0.6) is 0 Å². The van der Waals surface area contributed by atoms with Crippen molar-refractivity contribution >= 4 is 0 Å². The van der Waals surface area contributed by atoms with Crippen molar-refractivity contribution in [2.75, 3.05) is 13.2 Å². The standard InChI is InChI=1S/C12H22F2O/c1-10(2,3)12(13,14)6-5-11(4)7-8-15-9-11/h5-9H2,1-4H3. The zero-order valence-electron chi connectivity index (χ0n) is 10.2. The minimum atomic E-state index is -2.58. The van der Waals surface area contributed by atoms with Crippen molar-refractivity contribution in [3.05, 3.63) is 0 Å². The van der Waals surface area contributed by atoms with Crippen LogP contribution < -0.4 is 0 Å². The van der Waals surface area contributed by atoms with Gasteiger partial charge in [0.2, 0.25) is 0 Å². The molecule has 1 nitrogen and oxygen atoms in total. The zero-order valence-corrected chi connectivity index (χ0v) is 10.2. The second kappa shape index (κ2) is 4.00. The molecule has 0 aromatic rings. The highest BCUT2D eigenvalue weighted by molar-refractivity contribution is 4.86. The third kappa shape index (κ3) is 3.13. The van der Waals surface area contributed by atoms with Crippen molar-refractivity contribution in [2.45, 2.75) is 52.9 Å². The number of ether oxygens (including phenoxy) is 1. The molecule has 90 valence electrons. The molecule has 0 bridgehead atoms. The van der Waals surface area contributed by atoms with Gasteiger partial charge in [-0.3, -0.25) is 0 Å². The van der Waals surface area contributed by atoms with Gasteiger partial charge in [-0.2, -0.15) is 0 Å². The molecule has 0 aromatic carbocycles. The van der Waals surface area contributed by atoms with Crippen molar-refractivity contribution in [1.82, 2.24) is 0 Å². The summed E-state index contributed by atoms with van der Waals surface area (Å²) in [4.78, 5) is 0. The van der Waals surface area contributed by atoms with Crippen LogP contribution in [0.2, 0.25) is 0 Å². The van der Waals surface area contributed by atoms with E-state index in [1.807, 2.05) is 6.92 Å². The van der Waals surface area contributed by atoms with Gasteiger partial charge in [-0.25, -0.2) is 8.78 Å². The van der Waals surface area contributed by atoms with Crippen molar-refractivity contribution in [3.8, 4) is 0 Å². The van der Waals surface area contributed by atoms with Gasteiger partial charge < -0.3 is 4.74 Å². The maximum Gasteiger partial charge on any atom is 0.252 e. The van der Waals surface area contributed by atoms with E-state index in [-0.39, 0.29) is 11.8 Å². The zero-order chi connectivity index (χ0) is 11.7. The Labute approximate surface area is 91.2 Å². The summed E-state index contributed by atoms with van der Waals surface area (Å²) in [7, 11) is 0. The molecule has 0 radical (unpaired) electrons. The van der Waals surface area contributed by atoms with Crippen LogP contribution in [0.4, 0.5) is 8.78 Å². The number of hydrogen-bond donors (Lipinski definition) is 0. The van der Waals surface area contributed by atoms with Crippen LogP contribution >= 0.6 is 0 Å². The molecule has 0 aromatic heterocycles. The van der Waals surface area contributed by atoms with E-state index >= 15 is 0 Å². The minimum absolute atomic E-state index is 0.0314. The van der Waals surface area contributed by atoms with Gasteiger partial charge in [-0.15, -0.1) is 0 Å². The Hall–Kier alpha value is -0.180. The smallest absolute Gasteiger partial charge is 0.252 e. The molecular weight excluding hydrogens is 198 g/mol. The first kappa shape index (κ1) is 12.9. The van der Waals surface area contributed by atoms with Crippen LogP contribution in [0.1, 0.15) is 47.0 Å². The van der Waals surface area contributed by atoms with Crippen LogP contribution in [0.3, 0.4) is 0 Å². The molecule has 3 heteroatoms. The lowest BCUT2D eigenvalue weighted by atomic mass is 9.78. The molecule has 0 spiro atoms. The van der Waals surface area contributed by atoms with E-state index in [1.165, 1.54) is 0 Å². The molecule has 1 atom stereocenters. The molecule has 0 amide bonds. The molecule has 1 aliphatic rings. The SMILES string of the molecule is CC1(CCC(F)(F)C(C)(C)C)CCOC1. The van der Waals surface area contributed by atoms with E-state index in [0.29, 0.717) is 13.0 Å². The first-order valence-corrected chi connectivity index (χ1v) is 5.62. The molecule has 1 heterocycles. The molecule has 0 N–H and O–H groups in total. The minimum Gasteiger partial charge on any atom is -0.381 e. The van der Waals surface area contributed by atoms with Crippen molar-refractivity contribution in [2.24, 2.45) is 10.8 Å². The molecule has 1 aliphatic heterocycles. The average molecular weight is 220 g/mol. The third-order valence-corrected chi connectivity index (χ3v) is 3.44. The Morgan fingerprint density at radius 2 is 1.87 bits per heavy atom. The van der Waals surface area contributed by atoms with Crippen LogP contribution in [0.25, 0.3) is 0 Å². The fourth-order valence-corrected chi connectivity index (χ4v) is 1.74. The topological polar surface area (TPSA) is 9.23 Å². The van der Waals surface area contributed by atoms with Gasteiger partial charge in [0.1, 0.15) is 0 Å². The maximum absolute atomic E-state index is 13.7. The van der Waals surface area contributed by atoms with E-state index in [0.717, 1.165) is 13.0 Å². The van der Waals surface area contributed by atoms with Gasteiger partial charge in [-0.05, 0) is 18.3 Å². The molecule has 1 fully saturated rings. The summed E-state index contributed by atoms with van der Waals surface area (Å²) in [6.45, 7) is 8.19. The predicted octanol–water partition coefficient (Wildman–Crippen LogP) is 3.87. The van der Waals surface area contributed by atoms with E-state index < -0.39 is 11.3 Å². The van der Waals surface area contributed by atoms with Gasteiger partial charge in [0.25, 0.3) is 5.92 Å². The summed E-state index contributed by atoms with van der Waals surface area (Å²) in [6.07, 6.45) is 1.43. The van der Waals surface area contributed by atoms with Crippen molar-refractivity contribution < 1.29 is 13.5 Å². The lowest BCUT2D eigenvalue weighted by Crippen LogP contribution is -2.35. The molecule has 1 unspecified atom stereocenters. The molecule has 0 saturated carbocycles. The predicted molar refractivity (Wildman–Crippen MR) is 57.2 cm³/mol. The third-order valence-electron chi connectivity index (χ3n) is 3.44. The normalized spacial score (nSPS) is 28.4. The molecule has 15 heavy (non-hydrogen) atoms. The highest BCUT2D eigenvalue weighted by atomic mass is 19.3. The number of hydrogen-bond acceptors (Lipinski definition) is 1. The maximum atomic E-state index is 13.7. The second-order valence-corrected chi connectivity index (χ2v) is 6.07. The Morgan fingerprint density at radius 1 is 1.27 bits per heavy atom. The lowest BCUT2D eigenvalue weighted by molar-refractivity contribution is -0.109. The van der Waals surface area contributed by atoms with Crippen LogP contribution in [0, 0.1) is 10.8 Å². The van der Waals surface area contributed by atoms with Gasteiger partial charge in [0.15, 0.2) is 0 Å². The summed E-state index contributed by atoms with van der Waals surface area (Å²) in [5.41, 5.74) is -0.975. The molecule has 1 saturated heterocycles. The van der Waals surface area contributed by atoms with Crippen molar-refractivity contribution in [3.63, 3.8) is 0 Å².